The van der Waals surface area contributed by atoms with Gasteiger partial charge in [-0.05, 0) is 24.3 Å². The number of rotatable bonds is 1. The molecule has 6 heteroatoms. The highest BCUT2D eigenvalue weighted by Gasteiger charge is 2.11. The number of phenolic OH excluding ortho intramolecular Hbond substituents is 1. The van der Waals surface area contributed by atoms with E-state index in [1.165, 1.54) is 12.1 Å². The van der Waals surface area contributed by atoms with Crippen molar-refractivity contribution in [3.63, 3.8) is 0 Å². The summed E-state index contributed by atoms with van der Waals surface area (Å²) in [5.74, 6) is 0.0177. The Morgan fingerprint density at radius 2 is 2.00 bits per heavy atom. The van der Waals surface area contributed by atoms with Crippen LogP contribution in [0.2, 0.25) is 0 Å². The molecule has 1 aromatic carbocycles. The third kappa shape index (κ3) is 1.64. The topological polar surface area (TPSA) is 87.8 Å². The van der Waals surface area contributed by atoms with Crippen LogP contribution >= 0.6 is 0 Å². The fraction of sp³-hybridized carbons (Fsp3) is 0. The Morgan fingerprint density at radius 3 is 2.78 bits per heavy atom. The lowest BCUT2D eigenvalue weighted by atomic mass is 10.2. The third-order valence-electron chi connectivity index (χ3n) is 2.58. The van der Waals surface area contributed by atoms with Crippen molar-refractivity contribution >= 4 is 17.0 Å². The molecule has 0 aliphatic heterocycles. The molecule has 0 bridgehead atoms. The summed E-state index contributed by atoms with van der Waals surface area (Å²) in [6.07, 6.45) is 0. The number of aromatic hydroxyl groups is 1. The zero-order valence-electron chi connectivity index (χ0n) is 9.18. The van der Waals surface area contributed by atoms with Gasteiger partial charge in [-0.25, -0.2) is 14.4 Å². The highest BCUT2D eigenvalue weighted by atomic mass is 19.1. The van der Waals surface area contributed by atoms with Crippen LogP contribution in [0.5, 0.6) is 5.75 Å². The maximum atomic E-state index is 13.7. The van der Waals surface area contributed by atoms with Crippen molar-refractivity contribution in [2.24, 2.45) is 0 Å². The van der Waals surface area contributed by atoms with Crippen LogP contribution in [-0.4, -0.2) is 20.1 Å². The van der Waals surface area contributed by atoms with Crippen molar-refractivity contribution in [3.8, 4) is 17.1 Å². The first-order valence-corrected chi connectivity index (χ1v) is 5.24. The van der Waals surface area contributed by atoms with Crippen molar-refractivity contribution in [3.05, 3.63) is 36.1 Å². The molecule has 0 unspecified atom stereocenters. The molecule has 2 aromatic heterocycles. The molecule has 5 nitrogen and oxygen atoms in total. The second-order valence-electron chi connectivity index (χ2n) is 3.86. The number of aromatic amines is 1. The van der Waals surface area contributed by atoms with E-state index in [0.717, 1.165) is 6.07 Å². The first kappa shape index (κ1) is 10.5. The Bertz CT molecular complexity index is 738. The first-order chi connectivity index (χ1) is 8.63. The molecule has 0 saturated carbocycles. The Morgan fingerprint density at radius 1 is 1.17 bits per heavy atom. The maximum Gasteiger partial charge on any atom is 0.180 e. The largest absolute Gasteiger partial charge is 0.508 e. The highest BCUT2D eigenvalue weighted by Crippen LogP contribution is 2.25. The smallest absolute Gasteiger partial charge is 0.180 e. The van der Waals surface area contributed by atoms with E-state index >= 15 is 0 Å². The summed E-state index contributed by atoms with van der Waals surface area (Å²) < 4.78 is 13.7. The average Bonchev–Trinajstić information content (AvgIpc) is 2.71. The van der Waals surface area contributed by atoms with Crippen LogP contribution < -0.4 is 5.73 Å². The van der Waals surface area contributed by atoms with Crippen molar-refractivity contribution in [1.82, 2.24) is 15.0 Å². The molecule has 0 aliphatic rings. The zero-order chi connectivity index (χ0) is 12.7. The summed E-state index contributed by atoms with van der Waals surface area (Å²) in [5.41, 5.74) is 6.92. The Balaban J connectivity index is 2.19. The van der Waals surface area contributed by atoms with Crippen LogP contribution in [0, 0.1) is 5.82 Å². The predicted octanol–water partition coefficient (Wildman–Crippen LogP) is 2.05. The number of nitrogens with two attached hydrogens (primary N) is 1. The summed E-state index contributed by atoms with van der Waals surface area (Å²) in [6, 6.07) is 7.24. The molecule has 4 N–H and O–H groups in total. The van der Waals surface area contributed by atoms with Gasteiger partial charge in [-0.1, -0.05) is 0 Å². The van der Waals surface area contributed by atoms with E-state index in [4.69, 9.17) is 10.8 Å². The molecule has 18 heavy (non-hydrogen) atoms. The van der Waals surface area contributed by atoms with E-state index in [2.05, 4.69) is 15.0 Å². The fourth-order valence-electron chi connectivity index (χ4n) is 1.73. The van der Waals surface area contributed by atoms with Crippen LogP contribution in [0.3, 0.4) is 0 Å². The summed E-state index contributed by atoms with van der Waals surface area (Å²) in [5, 5.41) is 9.16. The number of phenols is 1. The minimum atomic E-state index is -0.554. The summed E-state index contributed by atoms with van der Waals surface area (Å²) in [4.78, 5) is 11.1. The number of H-pyrrole nitrogens is 1. The standard InChI is InChI=1S/C12H9FN4O/c13-8-5-6(18)1-2-7(8)11-15-9-3-4-10(14)16-12(9)17-11/h1-5,18H,(H3,14,15,16,17). The van der Waals surface area contributed by atoms with Gasteiger partial charge in [-0.3, -0.25) is 0 Å². The fourth-order valence-corrected chi connectivity index (χ4v) is 1.73. The van der Waals surface area contributed by atoms with Gasteiger partial charge in [0.05, 0.1) is 11.1 Å². The van der Waals surface area contributed by atoms with Crippen molar-refractivity contribution in [2.45, 2.75) is 0 Å². The molecule has 2 heterocycles. The molecule has 90 valence electrons. The Labute approximate surface area is 101 Å². The van der Waals surface area contributed by atoms with E-state index in [1.807, 2.05) is 0 Å². The number of nitrogen functional groups attached to an aromatic ring is 1. The van der Waals surface area contributed by atoms with Gasteiger partial charge in [0.1, 0.15) is 23.2 Å². The van der Waals surface area contributed by atoms with E-state index < -0.39 is 5.82 Å². The molecule has 0 aliphatic carbocycles. The lowest BCUT2D eigenvalue weighted by molar-refractivity contribution is 0.469. The quantitative estimate of drug-likeness (QED) is 0.611. The summed E-state index contributed by atoms with van der Waals surface area (Å²) in [7, 11) is 0. The number of hydrogen-bond acceptors (Lipinski definition) is 4. The second kappa shape index (κ2) is 3.69. The third-order valence-corrected chi connectivity index (χ3v) is 2.58. The van der Waals surface area contributed by atoms with E-state index in [-0.39, 0.29) is 11.3 Å². The number of anilines is 1. The van der Waals surface area contributed by atoms with Crippen molar-refractivity contribution in [2.75, 3.05) is 5.73 Å². The number of aromatic nitrogens is 3. The van der Waals surface area contributed by atoms with Crippen LogP contribution in [0.4, 0.5) is 10.2 Å². The van der Waals surface area contributed by atoms with E-state index in [9.17, 15) is 4.39 Å². The van der Waals surface area contributed by atoms with Gasteiger partial charge in [0.15, 0.2) is 5.65 Å². The van der Waals surface area contributed by atoms with E-state index in [0.29, 0.717) is 22.8 Å². The van der Waals surface area contributed by atoms with Crippen molar-refractivity contribution in [1.29, 1.82) is 0 Å². The molecule has 0 atom stereocenters. The SMILES string of the molecule is Nc1ccc2[nH]c(-c3ccc(O)cc3F)nc2n1. The minimum absolute atomic E-state index is 0.130. The summed E-state index contributed by atoms with van der Waals surface area (Å²) in [6.45, 7) is 0. The maximum absolute atomic E-state index is 13.7. The predicted molar refractivity (Wildman–Crippen MR) is 65.4 cm³/mol. The number of nitrogens with zero attached hydrogens (tertiary/aromatic N) is 2. The molecular weight excluding hydrogens is 235 g/mol. The number of nitrogens with one attached hydrogen (secondary N) is 1. The minimum Gasteiger partial charge on any atom is -0.508 e. The Hall–Kier alpha value is -2.63. The van der Waals surface area contributed by atoms with Gasteiger partial charge in [0, 0.05) is 6.07 Å². The number of imidazole rings is 1. The second-order valence-corrected chi connectivity index (χ2v) is 3.86. The average molecular weight is 244 g/mol. The monoisotopic (exact) mass is 244 g/mol. The Kier molecular flexibility index (Phi) is 2.16. The summed E-state index contributed by atoms with van der Waals surface area (Å²) >= 11 is 0. The lowest BCUT2D eigenvalue weighted by Crippen LogP contribution is -1.88. The van der Waals surface area contributed by atoms with Gasteiger partial charge in [-0.15, -0.1) is 0 Å². The molecule has 3 rings (SSSR count). The number of hydrogen-bond donors (Lipinski definition) is 3. The number of benzene rings is 1. The van der Waals surface area contributed by atoms with Crippen LogP contribution in [0.25, 0.3) is 22.6 Å². The van der Waals surface area contributed by atoms with Crippen LogP contribution in [0.15, 0.2) is 30.3 Å². The molecule has 0 radical (unpaired) electrons. The number of halogens is 1. The van der Waals surface area contributed by atoms with Gasteiger partial charge < -0.3 is 15.8 Å². The molecular formula is C12H9FN4O. The van der Waals surface area contributed by atoms with E-state index in [1.54, 1.807) is 12.1 Å². The van der Waals surface area contributed by atoms with Crippen LogP contribution in [0.1, 0.15) is 0 Å². The molecule has 0 saturated heterocycles. The highest BCUT2D eigenvalue weighted by molar-refractivity contribution is 5.77. The van der Waals surface area contributed by atoms with Gasteiger partial charge in [-0.2, -0.15) is 0 Å². The molecule has 0 spiro atoms. The van der Waals surface area contributed by atoms with Crippen molar-refractivity contribution < 1.29 is 9.50 Å². The first-order valence-electron chi connectivity index (χ1n) is 5.24. The number of fused-ring (bicyclic) bond motifs is 1. The number of pyridine rings is 1. The van der Waals surface area contributed by atoms with Crippen LogP contribution in [-0.2, 0) is 0 Å². The van der Waals surface area contributed by atoms with Gasteiger partial charge in [0.2, 0.25) is 0 Å². The zero-order valence-corrected chi connectivity index (χ0v) is 9.18. The lowest BCUT2D eigenvalue weighted by Gasteiger charge is -1.99. The van der Waals surface area contributed by atoms with Gasteiger partial charge >= 0.3 is 0 Å². The molecule has 0 amide bonds. The normalized spacial score (nSPS) is 10.9. The molecule has 3 aromatic rings. The molecule has 0 fully saturated rings. The van der Waals surface area contributed by atoms with Gasteiger partial charge in [0.25, 0.3) is 0 Å².